The molecule has 2 saturated carbocycles. The van der Waals surface area contributed by atoms with E-state index >= 15 is 0 Å². The second kappa shape index (κ2) is 5.80. The average molecular weight is 297 g/mol. The van der Waals surface area contributed by atoms with Gasteiger partial charge in [0.25, 0.3) is 0 Å². The van der Waals surface area contributed by atoms with Gasteiger partial charge in [-0.3, -0.25) is 4.90 Å². The van der Waals surface area contributed by atoms with Gasteiger partial charge in [-0.1, -0.05) is 20.8 Å². The minimum absolute atomic E-state index is 0.256. The standard InChI is InChI=1S/C17H31NO3/c1-16(2)13-4-5-17(3,10-13)15(16)21-12-14(19)11-18-6-8-20-9-7-18/h13-15,19H,4-12H2,1-3H3/t13-,14-,15-,17-/m1/s1. The monoisotopic (exact) mass is 297 g/mol. The van der Waals surface area contributed by atoms with Crippen LogP contribution in [0.2, 0.25) is 0 Å². The fourth-order valence-electron chi connectivity index (χ4n) is 5.01. The molecular formula is C17H31NO3. The van der Waals surface area contributed by atoms with E-state index in [1.807, 2.05) is 0 Å². The topological polar surface area (TPSA) is 41.9 Å². The van der Waals surface area contributed by atoms with E-state index in [0.29, 0.717) is 24.7 Å². The van der Waals surface area contributed by atoms with Crippen LogP contribution in [0.5, 0.6) is 0 Å². The van der Waals surface area contributed by atoms with E-state index in [4.69, 9.17) is 9.47 Å². The molecule has 0 amide bonds. The Balaban J connectivity index is 1.50. The number of aliphatic hydroxyl groups excluding tert-OH is 1. The molecular weight excluding hydrogens is 266 g/mol. The summed E-state index contributed by atoms with van der Waals surface area (Å²) in [6, 6.07) is 0. The van der Waals surface area contributed by atoms with Gasteiger partial charge < -0.3 is 14.6 Å². The Labute approximate surface area is 128 Å². The quantitative estimate of drug-likeness (QED) is 0.842. The van der Waals surface area contributed by atoms with Gasteiger partial charge in [0, 0.05) is 19.6 Å². The number of hydrogen-bond acceptors (Lipinski definition) is 4. The van der Waals surface area contributed by atoms with Crippen LogP contribution in [0.1, 0.15) is 40.0 Å². The summed E-state index contributed by atoms with van der Waals surface area (Å²) in [7, 11) is 0. The smallest absolute Gasteiger partial charge is 0.0900 e. The van der Waals surface area contributed by atoms with E-state index in [1.165, 1.54) is 19.3 Å². The minimum Gasteiger partial charge on any atom is -0.389 e. The molecule has 0 aromatic heterocycles. The van der Waals surface area contributed by atoms with Crippen molar-refractivity contribution in [3.05, 3.63) is 0 Å². The van der Waals surface area contributed by atoms with Crippen molar-refractivity contribution >= 4 is 0 Å². The summed E-state index contributed by atoms with van der Waals surface area (Å²) < 4.78 is 11.6. The van der Waals surface area contributed by atoms with Gasteiger partial charge in [-0.2, -0.15) is 0 Å². The van der Waals surface area contributed by atoms with Crippen LogP contribution in [0, 0.1) is 16.7 Å². The fourth-order valence-corrected chi connectivity index (χ4v) is 5.01. The number of morpholine rings is 1. The molecule has 0 unspecified atom stereocenters. The van der Waals surface area contributed by atoms with Gasteiger partial charge >= 0.3 is 0 Å². The van der Waals surface area contributed by atoms with Crippen molar-refractivity contribution in [3.63, 3.8) is 0 Å². The van der Waals surface area contributed by atoms with Crippen LogP contribution in [0.4, 0.5) is 0 Å². The van der Waals surface area contributed by atoms with Crippen LogP contribution in [0.15, 0.2) is 0 Å². The molecule has 3 aliphatic rings. The molecule has 2 bridgehead atoms. The van der Waals surface area contributed by atoms with Crippen LogP contribution in [0.25, 0.3) is 0 Å². The van der Waals surface area contributed by atoms with E-state index in [2.05, 4.69) is 25.7 Å². The minimum atomic E-state index is -0.387. The molecule has 21 heavy (non-hydrogen) atoms. The highest BCUT2D eigenvalue weighted by atomic mass is 16.5. The summed E-state index contributed by atoms with van der Waals surface area (Å²) in [5.41, 5.74) is 0.582. The van der Waals surface area contributed by atoms with E-state index in [0.717, 1.165) is 32.2 Å². The predicted octanol–water partition coefficient (Wildman–Crippen LogP) is 1.91. The molecule has 1 N–H and O–H groups in total. The van der Waals surface area contributed by atoms with Gasteiger partial charge in [-0.15, -0.1) is 0 Å². The third-order valence-corrected chi connectivity index (χ3v) is 6.17. The maximum absolute atomic E-state index is 10.3. The van der Waals surface area contributed by atoms with Gasteiger partial charge in [0.15, 0.2) is 0 Å². The van der Waals surface area contributed by atoms with Crippen LogP contribution in [-0.4, -0.2) is 61.7 Å². The van der Waals surface area contributed by atoms with Crippen molar-refractivity contribution in [1.82, 2.24) is 4.90 Å². The second-order valence-corrected chi connectivity index (χ2v) is 8.20. The molecule has 0 aromatic rings. The lowest BCUT2D eigenvalue weighted by atomic mass is 9.70. The first-order valence-corrected chi connectivity index (χ1v) is 8.51. The maximum Gasteiger partial charge on any atom is 0.0900 e. The first-order chi connectivity index (χ1) is 9.92. The summed E-state index contributed by atoms with van der Waals surface area (Å²) in [4.78, 5) is 2.27. The summed E-state index contributed by atoms with van der Waals surface area (Å²) >= 11 is 0. The number of ether oxygens (including phenoxy) is 2. The number of nitrogens with zero attached hydrogens (tertiary/aromatic N) is 1. The average Bonchev–Trinajstić information content (AvgIpc) is 2.90. The summed E-state index contributed by atoms with van der Waals surface area (Å²) in [5.74, 6) is 0.795. The van der Waals surface area contributed by atoms with Crippen LogP contribution < -0.4 is 0 Å². The van der Waals surface area contributed by atoms with E-state index < -0.39 is 0 Å². The molecule has 4 heteroatoms. The van der Waals surface area contributed by atoms with Crippen molar-refractivity contribution < 1.29 is 14.6 Å². The van der Waals surface area contributed by atoms with Crippen LogP contribution >= 0.6 is 0 Å². The molecule has 0 aromatic carbocycles. The predicted molar refractivity (Wildman–Crippen MR) is 82.2 cm³/mol. The van der Waals surface area contributed by atoms with Gasteiger partial charge in [0.2, 0.25) is 0 Å². The first kappa shape index (κ1) is 15.7. The second-order valence-electron chi connectivity index (χ2n) is 8.20. The third-order valence-electron chi connectivity index (χ3n) is 6.17. The van der Waals surface area contributed by atoms with Gasteiger partial charge in [0.05, 0.1) is 32.0 Å². The zero-order valence-corrected chi connectivity index (χ0v) is 13.8. The normalized spacial score (nSPS) is 40.6. The van der Waals surface area contributed by atoms with E-state index in [-0.39, 0.29) is 11.5 Å². The highest BCUT2D eigenvalue weighted by Crippen LogP contribution is 2.63. The number of hydrogen-bond donors (Lipinski definition) is 1. The van der Waals surface area contributed by atoms with Crippen molar-refractivity contribution in [3.8, 4) is 0 Å². The molecule has 122 valence electrons. The zero-order valence-electron chi connectivity index (χ0n) is 13.8. The highest BCUT2D eigenvalue weighted by Gasteiger charge is 2.60. The molecule has 0 spiro atoms. The fraction of sp³-hybridized carbons (Fsp3) is 1.00. The Bertz CT molecular complexity index is 362. The molecule has 3 fully saturated rings. The molecule has 0 radical (unpaired) electrons. The van der Waals surface area contributed by atoms with E-state index in [1.54, 1.807) is 0 Å². The first-order valence-electron chi connectivity index (χ1n) is 8.51. The van der Waals surface area contributed by atoms with E-state index in [9.17, 15) is 5.11 Å². The Kier molecular flexibility index (Phi) is 4.34. The highest BCUT2D eigenvalue weighted by molar-refractivity contribution is 5.09. The molecule has 3 rings (SSSR count). The lowest BCUT2D eigenvalue weighted by Crippen LogP contribution is -2.46. The Morgan fingerprint density at radius 3 is 2.62 bits per heavy atom. The maximum atomic E-state index is 10.3. The molecule has 2 aliphatic carbocycles. The third kappa shape index (κ3) is 3.00. The lowest BCUT2D eigenvalue weighted by molar-refractivity contribution is -0.115. The Morgan fingerprint density at radius 2 is 2.00 bits per heavy atom. The van der Waals surface area contributed by atoms with Crippen molar-refractivity contribution in [2.45, 2.75) is 52.2 Å². The van der Waals surface area contributed by atoms with Gasteiger partial charge in [-0.25, -0.2) is 0 Å². The molecule has 4 nitrogen and oxygen atoms in total. The Morgan fingerprint density at radius 1 is 1.29 bits per heavy atom. The molecule has 1 heterocycles. The molecule has 1 saturated heterocycles. The number of aliphatic hydroxyl groups is 1. The molecule has 4 atom stereocenters. The summed E-state index contributed by atoms with van der Waals surface area (Å²) in [6.45, 7) is 11.6. The SMILES string of the molecule is CC1(C)[C@@H]2CC[C@](C)(C2)[C@@H]1OC[C@H](O)CN1CCOCC1. The number of β-amino-alcohol motifs (C(OH)–C–C–N with tert-alkyl or cyclic N) is 1. The van der Waals surface area contributed by atoms with Crippen molar-refractivity contribution in [2.75, 3.05) is 39.5 Å². The summed E-state index contributed by atoms with van der Waals surface area (Å²) in [5, 5.41) is 10.3. The van der Waals surface area contributed by atoms with Crippen LogP contribution in [-0.2, 0) is 9.47 Å². The summed E-state index contributed by atoms with van der Waals surface area (Å²) in [6.07, 6.45) is 3.83. The van der Waals surface area contributed by atoms with Crippen molar-refractivity contribution in [2.24, 2.45) is 16.7 Å². The number of fused-ring (bicyclic) bond motifs is 2. The number of rotatable bonds is 5. The van der Waals surface area contributed by atoms with Gasteiger partial charge in [0.1, 0.15) is 0 Å². The molecule has 1 aliphatic heterocycles. The van der Waals surface area contributed by atoms with Crippen LogP contribution in [0.3, 0.4) is 0 Å². The van der Waals surface area contributed by atoms with Crippen molar-refractivity contribution in [1.29, 1.82) is 0 Å². The van der Waals surface area contributed by atoms with Gasteiger partial charge in [-0.05, 0) is 36.0 Å². The lowest BCUT2D eigenvalue weighted by Gasteiger charge is -2.42. The largest absolute Gasteiger partial charge is 0.389 e. The zero-order chi connectivity index (χ0) is 15.1. The Hall–Kier alpha value is -0.160.